The fourth-order valence-electron chi connectivity index (χ4n) is 3.65. The van der Waals surface area contributed by atoms with E-state index in [-0.39, 0.29) is 18.9 Å². The van der Waals surface area contributed by atoms with Crippen molar-refractivity contribution >= 4 is 11.6 Å². The highest BCUT2D eigenvalue weighted by molar-refractivity contribution is 6.11. The second-order valence-corrected chi connectivity index (χ2v) is 6.46. The zero-order valence-electron chi connectivity index (χ0n) is 13.0. The summed E-state index contributed by atoms with van der Waals surface area (Å²) in [4.78, 5) is 14.5. The van der Waals surface area contributed by atoms with E-state index in [2.05, 4.69) is 6.07 Å². The lowest BCUT2D eigenvalue weighted by molar-refractivity contribution is -0.137. The average molecular weight is 342 g/mol. The maximum atomic E-state index is 13.1. The lowest BCUT2D eigenvalue weighted by Gasteiger charge is -2.18. The van der Waals surface area contributed by atoms with Gasteiger partial charge in [-0.2, -0.15) is 18.4 Å². The molecule has 1 spiro atoms. The third kappa shape index (κ3) is 2.23. The Morgan fingerprint density at radius 3 is 2.52 bits per heavy atom. The number of nitrogens with zero attached hydrogens (tertiary/aromatic N) is 2. The maximum Gasteiger partial charge on any atom is 0.416 e. The minimum atomic E-state index is -4.48. The summed E-state index contributed by atoms with van der Waals surface area (Å²) < 4.78 is 39.3. The molecule has 2 unspecified atom stereocenters. The van der Waals surface area contributed by atoms with E-state index in [1.54, 1.807) is 0 Å². The van der Waals surface area contributed by atoms with Gasteiger partial charge in [-0.15, -0.1) is 0 Å². The number of benzene rings is 2. The quantitative estimate of drug-likeness (QED) is 0.827. The van der Waals surface area contributed by atoms with Gasteiger partial charge in [0.15, 0.2) is 0 Å². The molecular formula is C19H13F3N2O. The maximum absolute atomic E-state index is 13.1. The second kappa shape index (κ2) is 5.09. The number of hydrogen-bond acceptors (Lipinski definition) is 2. The number of rotatable bonds is 2. The van der Waals surface area contributed by atoms with Crippen LogP contribution in [0.5, 0.6) is 0 Å². The zero-order chi connectivity index (χ0) is 17.8. The van der Waals surface area contributed by atoms with Gasteiger partial charge in [0.05, 0.1) is 29.5 Å². The first kappa shape index (κ1) is 15.7. The highest BCUT2D eigenvalue weighted by Crippen LogP contribution is 2.62. The van der Waals surface area contributed by atoms with Crippen molar-refractivity contribution in [1.29, 1.82) is 5.26 Å². The molecule has 1 aliphatic heterocycles. The Hall–Kier alpha value is -2.81. The van der Waals surface area contributed by atoms with Crippen molar-refractivity contribution in [2.75, 3.05) is 4.90 Å². The molecule has 2 aliphatic rings. The monoisotopic (exact) mass is 342 g/mol. The van der Waals surface area contributed by atoms with Crippen LogP contribution in [0.1, 0.15) is 23.1 Å². The van der Waals surface area contributed by atoms with E-state index < -0.39 is 23.1 Å². The van der Waals surface area contributed by atoms with Gasteiger partial charge in [0, 0.05) is 5.69 Å². The lowest BCUT2D eigenvalue weighted by atomic mass is 9.93. The molecule has 3 nitrogen and oxygen atoms in total. The Morgan fingerprint density at radius 1 is 1.20 bits per heavy atom. The van der Waals surface area contributed by atoms with Crippen molar-refractivity contribution in [1.82, 2.24) is 0 Å². The van der Waals surface area contributed by atoms with Gasteiger partial charge in [-0.25, -0.2) is 0 Å². The fourth-order valence-corrected chi connectivity index (χ4v) is 3.65. The molecule has 4 rings (SSSR count). The van der Waals surface area contributed by atoms with Crippen LogP contribution in [0.15, 0.2) is 48.5 Å². The molecule has 1 aliphatic carbocycles. The lowest BCUT2D eigenvalue weighted by Crippen LogP contribution is -2.32. The Labute approximate surface area is 142 Å². The number of halogens is 3. The second-order valence-electron chi connectivity index (χ2n) is 6.46. The largest absolute Gasteiger partial charge is 0.416 e. The van der Waals surface area contributed by atoms with E-state index in [0.29, 0.717) is 11.3 Å². The van der Waals surface area contributed by atoms with E-state index in [0.717, 1.165) is 17.7 Å². The first-order chi connectivity index (χ1) is 11.9. The van der Waals surface area contributed by atoms with Crippen LogP contribution in [0.25, 0.3) is 0 Å². The number of hydrogen-bond donors (Lipinski definition) is 0. The van der Waals surface area contributed by atoms with Gasteiger partial charge in [0.2, 0.25) is 5.91 Å². The Balaban J connectivity index is 1.81. The Morgan fingerprint density at radius 2 is 1.92 bits per heavy atom. The molecule has 0 N–H and O–H groups in total. The van der Waals surface area contributed by atoms with Crippen LogP contribution in [0, 0.1) is 17.2 Å². The van der Waals surface area contributed by atoms with Crippen molar-refractivity contribution in [3.8, 4) is 6.07 Å². The van der Waals surface area contributed by atoms with Crippen molar-refractivity contribution in [2.24, 2.45) is 5.92 Å². The van der Waals surface area contributed by atoms with E-state index in [1.807, 2.05) is 30.3 Å². The van der Waals surface area contributed by atoms with Crippen LogP contribution >= 0.6 is 0 Å². The molecule has 0 saturated heterocycles. The summed E-state index contributed by atoms with van der Waals surface area (Å²) in [7, 11) is 0. The molecule has 0 bridgehead atoms. The Kier molecular flexibility index (Phi) is 3.20. The number of carbonyl (C=O) groups is 1. The number of fused-ring (bicyclic) bond motifs is 2. The minimum absolute atomic E-state index is 0.276. The zero-order valence-corrected chi connectivity index (χ0v) is 13.0. The summed E-state index contributed by atoms with van der Waals surface area (Å²) in [5.41, 5.74) is -0.217. The highest BCUT2D eigenvalue weighted by Gasteiger charge is 2.67. The molecule has 1 saturated carbocycles. The molecule has 1 heterocycles. The summed E-state index contributed by atoms with van der Waals surface area (Å²) >= 11 is 0. The van der Waals surface area contributed by atoms with E-state index >= 15 is 0 Å². The van der Waals surface area contributed by atoms with Crippen LogP contribution in [0.3, 0.4) is 0 Å². The number of amides is 1. The van der Waals surface area contributed by atoms with Gasteiger partial charge in [0.1, 0.15) is 0 Å². The number of anilines is 1. The SMILES string of the molecule is N#CC1CC12C(=O)N(Cc1ccccc1)c1ccc(C(F)(F)F)cc12. The van der Waals surface area contributed by atoms with Gasteiger partial charge < -0.3 is 4.90 Å². The van der Waals surface area contributed by atoms with E-state index in [4.69, 9.17) is 0 Å². The first-order valence-electron chi connectivity index (χ1n) is 7.85. The molecule has 0 aromatic heterocycles. The smallest absolute Gasteiger partial charge is 0.307 e. The minimum Gasteiger partial charge on any atom is -0.307 e. The molecule has 2 aromatic carbocycles. The van der Waals surface area contributed by atoms with Crippen molar-refractivity contribution < 1.29 is 18.0 Å². The molecule has 1 amide bonds. The average Bonchev–Trinajstić information content (AvgIpc) is 3.29. The predicted molar refractivity (Wildman–Crippen MR) is 84.5 cm³/mol. The molecular weight excluding hydrogens is 329 g/mol. The third-order valence-corrected chi connectivity index (χ3v) is 5.02. The molecule has 6 heteroatoms. The number of nitriles is 1. The first-order valence-corrected chi connectivity index (χ1v) is 7.85. The topological polar surface area (TPSA) is 44.1 Å². The van der Waals surface area contributed by atoms with Gasteiger partial charge in [-0.3, -0.25) is 4.79 Å². The summed E-state index contributed by atoms with van der Waals surface area (Å²) in [5.74, 6) is -0.847. The number of carbonyl (C=O) groups excluding carboxylic acids is 1. The summed E-state index contributed by atoms with van der Waals surface area (Å²) in [6, 6.07) is 14.7. The van der Waals surface area contributed by atoms with Crippen molar-refractivity contribution in [3.05, 3.63) is 65.2 Å². The highest BCUT2D eigenvalue weighted by atomic mass is 19.4. The molecule has 1 fully saturated rings. The van der Waals surface area contributed by atoms with Crippen LogP contribution in [-0.2, 0) is 22.9 Å². The van der Waals surface area contributed by atoms with Crippen LogP contribution in [0.4, 0.5) is 18.9 Å². The molecule has 0 radical (unpaired) electrons. The summed E-state index contributed by atoms with van der Waals surface area (Å²) in [5, 5.41) is 9.24. The van der Waals surface area contributed by atoms with Gasteiger partial charge in [-0.05, 0) is 35.7 Å². The fraction of sp³-hybridized carbons (Fsp3) is 0.263. The molecule has 25 heavy (non-hydrogen) atoms. The molecule has 2 atom stereocenters. The van der Waals surface area contributed by atoms with Crippen LogP contribution in [0.2, 0.25) is 0 Å². The van der Waals surface area contributed by atoms with Crippen LogP contribution < -0.4 is 4.90 Å². The van der Waals surface area contributed by atoms with E-state index in [1.165, 1.54) is 11.0 Å². The van der Waals surface area contributed by atoms with E-state index in [9.17, 15) is 23.2 Å². The number of alkyl halides is 3. The Bertz CT molecular complexity index is 901. The molecule has 126 valence electrons. The normalized spacial score (nSPS) is 24.3. The predicted octanol–water partition coefficient (Wildman–Crippen LogP) is 4.03. The van der Waals surface area contributed by atoms with Gasteiger partial charge in [0.25, 0.3) is 0 Å². The molecule has 2 aromatic rings. The van der Waals surface area contributed by atoms with Gasteiger partial charge >= 0.3 is 6.18 Å². The summed E-state index contributed by atoms with van der Waals surface area (Å²) in [6.07, 6.45) is -4.20. The third-order valence-electron chi connectivity index (χ3n) is 5.02. The standard InChI is InChI=1S/C19H13F3N2O/c20-19(21,22)13-6-7-16-15(8-13)18(9-14(18)10-23)17(25)24(16)11-12-4-2-1-3-5-12/h1-8,14H,9,11H2. The summed E-state index contributed by atoms with van der Waals surface area (Å²) in [6.45, 7) is 0.276. The van der Waals surface area contributed by atoms with Gasteiger partial charge in [-0.1, -0.05) is 30.3 Å². The van der Waals surface area contributed by atoms with Crippen molar-refractivity contribution in [3.63, 3.8) is 0 Å². The van der Waals surface area contributed by atoms with Crippen molar-refractivity contribution in [2.45, 2.75) is 24.6 Å². The van der Waals surface area contributed by atoms with Crippen LogP contribution in [-0.4, -0.2) is 5.91 Å².